The van der Waals surface area contributed by atoms with Gasteiger partial charge in [0.1, 0.15) is 5.82 Å². The highest BCUT2D eigenvalue weighted by atomic mass is 19.1. The Bertz CT molecular complexity index is 1090. The molecule has 168 valence electrons. The number of hydrogen-bond donors (Lipinski definition) is 3. The van der Waals surface area contributed by atoms with E-state index in [1.165, 1.54) is 23.0 Å². The van der Waals surface area contributed by atoms with Crippen LogP contribution in [0.15, 0.2) is 24.4 Å². The third kappa shape index (κ3) is 4.29. The number of carbonyl (C=O) groups is 4. The highest BCUT2D eigenvalue weighted by molar-refractivity contribution is 6.06. The molecule has 4 rings (SSSR count). The fourth-order valence-electron chi connectivity index (χ4n) is 4.04. The lowest BCUT2D eigenvalue weighted by atomic mass is 9.90. The topological polar surface area (TPSA) is 147 Å². The van der Waals surface area contributed by atoms with Crippen LogP contribution in [0, 0.1) is 5.82 Å². The van der Waals surface area contributed by atoms with E-state index >= 15 is 0 Å². The van der Waals surface area contributed by atoms with Crippen LogP contribution in [0.4, 0.5) is 14.9 Å². The van der Waals surface area contributed by atoms with Crippen LogP contribution in [0.25, 0.3) is 0 Å². The van der Waals surface area contributed by atoms with Crippen LogP contribution in [0.5, 0.6) is 0 Å². The first-order valence-corrected chi connectivity index (χ1v) is 10.2. The van der Waals surface area contributed by atoms with E-state index in [4.69, 9.17) is 5.11 Å². The fraction of sp³-hybridized carbons (Fsp3) is 0.400. The standard InChI is InChI=1S/C20H21FN6O5/c21-12-6-5-11(9-16(12)26-8-7-17(28)23-20(26)32)18(29)22-13-3-1-2-4-15(13)27-10-14(19(30)31)24-25-27/h5-6,9-10,13,15H,1-4,7-8H2,(H,22,29)(H,30,31)(H,23,28,32)/t13-,15+/m0/s1. The third-order valence-corrected chi connectivity index (χ3v) is 5.67. The molecule has 12 heteroatoms. The lowest BCUT2D eigenvalue weighted by molar-refractivity contribution is -0.120. The zero-order chi connectivity index (χ0) is 22.8. The number of carboxylic acids is 1. The number of rotatable bonds is 5. The predicted octanol–water partition coefficient (Wildman–Crippen LogP) is 1.48. The van der Waals surface area contributed by atoms with Gasteiger partial charge in [0, 0.05) is 18.5 Å². The second-order valence-electron chi connectivity index (χ2n) is 7.74. The maximum absolute atomic E-state index is 14.4. The molecular formula is C20H21FN6O5. The number of benzene rings is 1. The number of nitrogens with one attached hydrogen (secondary N) is 2. The van der Waals surface area contributed by atoms with Gasteiger partial charge in [0.05, 0.1) is 24.0 Å². The SMILES string of the molecule is O=C1CCN(c2cc(C(=O)N[C@H]3CCCC[C@H]3n3cc(C(=O)O)nn3)ccc2F)C(=O)N1. The summed E-state index contributed by atoms with van der Waals surface area (Å²) in [6.45, 7) is 0.00949. The van der Waals surface area contributed by atoms with Gasteiger partial charge in [-0.3, -0.25) is 19.8 Å². The number of imide groups is 1. The van der Waals surface area contributed by atoms with Crippen LogP contribution >= 0.6 is 0 Å². The summed E-state index contributed by atoms with van der Waals surface area (Å²) >= 11 is 0. The number of aromatic nitrogens is 3. The van der Waals surface area contributed by atoms with Gasteiger partial charge in [-0.05, 0) is 31.0 Å². The zero-order valence-corrected chi connectivity index (χ0v) is 17.0. The van der Waals surface area contributed by atoms with E-state index in [9.17, 15) is 23.6 Å². The molecule has 1 aromatic carbocycles. The van der Waals surface area contributed by atoms with Crippen LogP contribution < -0.4 is 15.5 Å². The highest BCUT2D eigenvalue weighted by Crippen LogP contribution is 2.29. The van der Waals surface area contributed by atoms with Crippen molar-refractivity contribution >= 4 is 29.5 Å². The zero-order valence-electron chi connectivity index (χ0n) is 17.0. The second kappa shape index (κ2) is 8.73. The van der Waals surface area contributed by atoms with Gasteiger partial charge < -0.3 is 10.4 Å². The monoisotopic (exact) mass is 444 g/mol. The van der Waals surface area contributed by atoms with Crippen molar-refractivity contribution in [3.63, 3.8) is 0 Å². The van der Waals surface area contributed by atoms with Crippen molar-refractivity contribution in [1.82, 2.24) is 25.6 Å². The molecule has 2 fully saturated rings. The summed E-state index contributed by atoms with van der Waals surface area (Å²) < 4.78 is 15.8. The molecule has 1 saturated carbocycles. The predicted molar refractivity (Wildman–Crippen MR) is 108 cm³/mol. The number of carboxylic acid groups (broad SMARTS) is 1. The summed E-state index contributed by atoms with van der Waals surface area (Å²) in [5.74, 6) is -2.78. The van der Waals surface area contributed by atoms with E-state index in [-0.39, 0.29) is 42.0 Å². The normalized spacial score (nSPS) is 21.2. The van der Waals surface area contributed by atoms with Gasteiger partial charge in [-0.15, -0.1) is 5.10 Å². The first-order valence-electron chi connectivity index (χ1n) is 10.2. The van der Waals surface area contributed by atoms with Crippen molar-refractivity contribution in [2.75, 3.05) is 11.4 Å². The Morgan fingerprint density at radius 1 is 1.22 bits per heavy atom. The lowest BCUT2D eigenvalue weighted by Gasteiger charge is -2.32. The number of halogens is 1. The number of aromatic carboxylic acids is 1. The van der Waals surface area contributed by atoms with Crippen molar-refractivity contribution in [2.45, 2.75) is 44.2 Å². The van der Waals surface area contributed by atoms with Crippen LogP contribution in [0.2, 0.25) is 0 Å². The van der Waals surface area contributed by atoms with E-state index < -0.39 is 29.6 Å². The van der Waals surface area contributed by atoms with Crippen LogP contribution in [-0.2, 0) is 4.79 Å². The number of hydrogen-bond acceptors (Lipinski definition) is 6. The Kier molecular flexibility index (Phi) is 5.84. The van der Waals surface area contributed by atoms with Gasteiger partial charge in [-0.2, -0.15) is 0 Å². The minimum atomic E-state index is -1.19. The number of urea groups is 1. The first kappa shape index (κ1) is 21.4. The average molecular weight is 444 g/mol. The summed E-state index contributed by atoms with van der Waals surface area (Å²) in [5, 5.41) is 21.7. The molecule has 4 amide bonds. The number of amides is 4. The molecule has 2 heterocycles. The second-order valence-corrected chi connectivity index (χ2v) is 7.74. The molecule has 2 atom stereocenters. The fourth-order valence-corrected chi connectivity index (χ4v) is 4.04. The Balaban J connectivity index is 1.53. The van der Waals surface area contributed by atoms with Crippen molar-refractivity contribution in [1.29, 1.82) is 0 Å². The summed E-state index contributed by atoms with van der Waals surface area (Å²) in [6, 6.07) is 2.34. The van der Waals surface area contributed by atoms with Gasteiger partial charge in [-0.25, -0.2) is 18.7 Å². The highest BCUT2D eigenvalue weighted by Gasteiger charge is 2.31. The van der Waals surface area contributed by atoms with Gasteiger partial charge in [-0.1, -0.05) is 18.1 Å². The van der Waals surface area contributed by atoms with Gasteiger partial charge >= 0.3 is 12.0 Å². The Hall–Kier alpha value is -3.83. The van der Waals surface area contributed by atoms with Crippen molar-refractivity contribution in [3.8, 4) is 0 Å². The number of anilines is 1. The van der Waals surface area contributed by atoms with Crippen molar-refractivity contribution in [2.24, 2.45) is 0 Å². The molecule has 2 aliphatic rings. The van der Waals surface area contributed by atoms with Crippen molar-refractivity contribution < 1.29 is 28.7 Å². The largest absolute Gasteiger partial charge is 0.476 e. The number of nitrogens with zero attached hydrogens (tertiary/aromatic N) is 4. The van der Waals surface area contributed by atoms with E-state index in [1.807, 2.05) is 0 Å². The summed E-state index contributed by atoms with van der Waals surface area (Å²) in [6.07, 6.45) is 4.47. The lowest BCUT2D eigenvalue weighted by Crippen LogP contribution is -2.50. The minimum absolute atomic E-state index is 0.00949. The van der Waals surface area contributed by atoms with Crippen molar-refractivity contribution in [3.05, 3.63) is 41.5 Å². The molecule has 1 aliphatic carbocycles. The van der Waals surface area contributed by atoms with E-state index in [1.54, 1.807) is 0 Å². The summed E-state index contributed by atoms with van der Waals surface area (Å²) in [7, 11) is 0. The average Bonchev–Trinajstić information content (AvgIpc) is 3.25. The molecule has 1 aromatic heterocycles. The van der Waals surface area contributed by atoms with E-state index in [0.29, 0.717) is 12.8 Å². The maximum Gasteiger partial charge on any atom is 0.358 e. The molecule has 1 aliphatic heterocycles. The van der Waals surface area contributed by atoms with Crippen LogP contribution in [-0.4, -0.2) is 56.5 Å². The number of carbonyl (C=O) groups excluding carboxylic acids is 3. The van der Waals surface area contributed by atoms with Gasteiger partial charge in [0.2, 0.25) is 5.91 Å². The molecule has 32 heavy (non-hydrogen) atoms. The Morgan fingerprint density at radius 3 is 2.72 bits per heavy atom. The van der Waals surface area contributed by atoms with Crippen LogP contribution in [0.1, 0.15) is 59.0 Å². The molecule has 0 bridgehead atoms. The summed E-state index contributed by atoms with van der Waals surface area (Å²) in [5.41, 5.74) is -0.118. The Labute approximate surface area is 181 Å². The first-order chi connectivity index (χ1) is 15.3. The smallest absolute Gasteiger partial charge is 0.358 e. The minimum Gasteiger partial charge on any atom is -0.476 e. The maximum atomic E-state index is 14.4. The summed E-state index contributed by atoms with van der Waals surface area (Å²) in [4.78, 5) is 48.6. The molecule has 11 nitrogen and oxygen atoms in total. The quantitative estimate of drug-likeness (QED) is 0.633. The molecule has 1 saturated heterocycles. The van der Waals surface area contributed by atoms with Gasteiger partial charge in [0.15, 0.2) is 5.69 Å². The Morgan fingerprint density at radius 2 is 2.00 bits per heavy atom. The third-order valence-electron chi connectivity index (χ3n) is 5.67. The molecule has 0 radical (unpaired) electrons. The molecular weight excluding hydrogens is 423 g/mol. The van der Waals surface area contributed by atoms with E-state index in [2.05, 4.69) is 20.9 Å². The molecule has 2 aromatic rings. The molecule has 0 spiro atoms. The van der Waals surface area contributed by atoms with Gasteiger partial charge in [0.25, 0.3) is 5.91 Å². The molecule has 0 unspecified atom stereocenters. The van der Waals surface area contributed by atoms with E-state index in [0.717, 1.165) is 23.8 Å². The molecule has 3 N–H and O–H groups in total. The van der Waals surface area contributed by atoms with Crippen LogP contribution in [0.3, 0.4) is 0 Å².